The van der Waals surface area contributed by atoms with Crippen LogP contribution in [-0.4, -0.2) is 24.0 Å². The second kappa shape index (κ2) is 5.64. The number of benzene rings is 1. The topological polar surface area (TPSA) is 29.3 Å². The zero-order valence-electron chi connectivity index (χ0n) is 13.7. The summed E-state index contributed by atoms with van der Waals surface area (Å²) in [6, 6.07) is 6.82. The van der Waals surface area contributed by atoms with Gasteiger partial charge in [0.25, 0.3) is 0 Å². The molecule has 0 aliphatic carbocycles. The molecule has 0 saturated carbocycles. The van der Waals surface area contributed by atoms with Gasteiger partial charge in [0.05, 0.1) is 0 Å². The quantitative estimate of drug-likeness (QED) is 0.900. The summed E-state index contributed by atoms with van der Waals surface area (Å²) in [5.74, 6) is 0. The third-order valence-corrected chi connectivity index (χ3v) is 3.33. The molecule has 0 saturated heterocycles. The molecule has 0 aromatic heterocycles. The van der Waals surface area contributed by atoms with E-state index in [-0.39, 0.29) is 11.0 Å². The third-order valence-electron chi connectivity index (χ3n) is 3.33. The molecule has 0 spiro atoms. The van der Waals surface area contributed by atoms with Crippen molar-refractivity contribution in [3.8, 4) is 0 Å². The first-order chi connectivity index (χ1) is 8.49. The molecule has 0 bridgehead atoms. The van der Waals surface area contributed by atoms with Crippen LogP contribution in [0, 0.1) is 6.92 Å². The maximum atomic E-state index is 6.09. The van der Waals surface area contributed by atoms with Gasteiger partial charge in [-0.05, 0) is 49.9 Å². The minimum atomic E-state index is -0.149. The summed E-state index contributed by atoms with van der Waals surface area (Å²) in [5, 5.41) is 0. The van der Waals surface area contributed by atoms with Gasteiger partial charge >= 0.3 is 0 Å². The first-order valence-electron chi connectivity index (χ1n) is 7.06. The third kappa shape index (κ3) is 5.33. The summed E-state index contributed by atoms with van der Waals surface area (Å²) in [7, 11) is 2.14. The van der Waals surface area contributed by atoms with E-state index in [0.29, 0.717) is 0 Å². The zero-order valence-corrected chi connectivity index (χ0v) is 13.7. The fraction of sp³-hybridized carbons (Fsp3) is 0.647. The molecule has 108 valence electrons. The minimum Gasteiger partial charge on any atom is -0.324 e. The van der Waals surface area contributed by atoms with E-state index in [1.807, 2.05) is 0 Å². The first kappa shape index (κ1) is 16.2. The van der Waals surface area contributed by atoms with Crippen molar-refractivity contribution >= 4 is 0 Å². The maximum absolute atomic E-state index is 6.09. The minimum absolute atomic E-state index is 0.149. The summed E-state index contributed by atoms with van der Waals surface area (Å²) in [5.41, 5.74) is 10.3. The summed E-state index contributed by atoms with van der Waals surface area (Å²) in [6.07, 6.45) is 0. The van der Waals surface area contributed by atoms with Crippen LogP contribution in [0.3, 0.4) is 0 Å². The van der Waals surface area contributed by atoms with Crippen molar-refractivity contribution in [2.75, 3.05) is 13.6 Å². The standard InChI is InChI=1S/C17H30N2/c1-13-8-9-15(16(2,3)4)10-14(13)11-19(7)12-17(5,6)18/h8-10H,11-12,18H2,1-7H3. The Morgan fingerprint density at radius 2 is 1.68 bits per heavy atom. The molecule has 2 N–H and O–H groups in total. The van der Waals surface area contributed by atoms with E-state index >= 15 is 0 Å². The zero-order chi connectivity index (χ0) is 14.8. The number of hydrogen-bond acceptors (Lipinski definition) is 2. The van der Waals surface area contributed by atoms with Crippen molar-refractivity contribution in [3.05, 3.63) is 34.9 Å². The van der Waals surface area contributed by atoms with Crippen molar-refractivity contribution < 1.29 is 0 Å². The molecule has 0 fully saturated rings. The Kier molecular flexibility index (Phi) is 4.81. The predicted molar refractivity (Wildman–Crippen MR) is 84.5 cm³/mol. The van der Waals surface area contributed by atoms with Crippen LogP contribution >= 0.6 is 0 Å². The first-order valence-corrected chi connectivity index (χ1v) is 7.06. The van der Waals surface area contributed by atoms with Gasteiger partial charge in [-0.15, -0.1) is 0 Å². The molecule has 2 heteroatoms. The number of nitrogens with zero attached hydrogens (tertiary/aromatic N) is 1. The number of likely N-dealkylation sites (N-methyl/N-ethyl adjacent to an activating group) is 1. The second-order valence-electron chi connectivity index (χ2n) is 7.55. The van der Waals surface area contributed by atoms with Crippen LogP contribution in [-0.2, 0) is 12.0 Å². The van der Waals surface area contributed by atoms with Crippen LogP contribution in [0.5, 0.6) is 0 Å². The van der Waals surface area contributed by atoms with Gasteiger partial charge in [0.15, 0.2) is 0 Å². The Hall–Kier alpha value is -0.860. The molecule has 0 radical (unpaired) electrons. The van der Waals surface area contributed by atoms with Gasteiger partial charge in [-0.25, -0.2) is 0 Å². The molecule has 1 aromatic rings. The molecule has 0 aliphatic rings. The highest BCUT2D eigenvalue weighted by atomic mass is 15.1. The van der Waals surface area contributed by atoms with E-state index in [1.165, 1.54) is 16.7 Å². The summed E-state index contributed by atoms with van der Waals surface area (Å²) < 4.78 is 0. The Morgan fingerprint density at radius 1 is 1.11 bits per heavy atom. The van der Waals surface area contributed by atoms with Crippen LogP contribution < -0.4 is 5.73 Å². The van der Waals surface area contributed by atoms with E-state index in [1.54, 1.807) is 0 Å². The van der Waals surface area contributed by atoms with E-state index in [2.05, 4.69) is 71.7 Å². The Labute approximate surface area is 119 Å². The normalized spacial score (nSPS) is 13.1. The summed E-state index contributed by atoms with van der Waals surface area (Å²) in [6.45, 7) is 15.0. The highest BCUT2D eigenvalue weighted by Crippen LogP contribution is 2.25. The van der Waals surface area contributed by atoms with Crippen molar-refractivity contribution in [1.82, 2.24) is 4.90 Å². The van der Waals surface area contributed by atoms with Gasteiger partial charge in [-0.2, -0.15) is 0 Å². The van der Waals surface area contributed by atoms with Crippen LogP contribution in [0.2, 0.25) is 0 Å². The largest absolute Gasteiger partial charge is 0.324 e. The second-order valence-corrected chi connectivity index (χ2v) is 7.55. The van der Waals surface area contributed by atoms with Crippen LogP contribution in [0.1, 0.15) is 51.3 Å². The van der Waals surface area contributed by atoms with Gasteiger partial charge in [0, 0.05) is 18.6 Å². The fourth-order valence-electron chi connectivity index (χ4n) is 2.35. The lowest BCUT2D eigenvalue weighted by atomic mass is 9.85. The average Bonchev–Trinajstić information content (AvgIpc) is 2.16. The lowest BCUT2D eigenvalue weighted by Gasteiger charge is -2.28. The lowest BCUT2D eigenvalue weighted by Crippen LogP contribution is -2.43. The SMILES string of the molecule is Cc1ccc(C(C)(C)C)cc1CN(C)CC(C)(C)N. The van der Waals surface area contributed by atoms with Crippen molar-refractivity contribution in [2.24, 2.45) is 5.73 Å². The van der Waals surface area contributed by atoms with Gasteiger partial charge in [-0.1, -0.05) is 39.0 Å². The summed E-state index contributed by atoms with van der Waals surface area (Å²) >= 11 is 0. The van der Waals surface area contributed by atoms with Gasteiger partial charge < -0.3 is 10.6 Å². The molecular weight excluding hydrogens is 232 g/mol. The molecule has 0 aliphatic heterocycles. The van der Waals surface area contributed by atoms with Gasteiger partial charge in [0.1, 0.15) is 0 Å². The molecule has 19 heavy (non-hydrogen) atoms. The molecular formula is C17H30N2. The Balaban J connectivity index is 2.89. The van der Waals surface area contributed by atoms with E-state index in [9.17, 15) is 0 Å². The highest BCUT2D eigenvalue weighted by molar-refractivity contribution is 5.34. The smallest absolute Gasteiger partial charge is 0.0234 e. The molecule has 2 nitrogen and oxygen atoms in total. The van der Waals surface area contributed by atoms with Crippen LogP contribution in [0.25, 0.3) is 0 Å². The van der Waals surface area contributed by atoms with Crippen LogP contribution in [0.4, 0.5) is 0 Å². The Morgan fingerprint density at radius 3 is 2.16 bits per heavy atom. The number of hydrogen-bond donors (Lipinski definition) is 1. The van der Waals surface area contributed by atoms with Crippen molar-refractivity contribution in [2.45, 2.75) is 59.0 Å². The van der Waals surface area contributed by atoms with E-state index < -0.39 is 0 Å². The van der Waals surface area contributed by atoms with Crippen LogP contribution in [0.15, 0.2) is 18.2 Å². The number of rotatable bonds is 4. The maximum Gasteiger partial charge on any atom is 0.0234 e. The van der Waals surface area contributed by atoms with Gasteiger partial charge in [0.2, 0.25) is 0 Å². The monoisotopic (exact) mass is 262 g/mol. The van der Waals surface area contributed by atoms with Gasteiger partial charge in [-0.3, -0.25) is 0 Å². The molecule has 0 heterocycles. The average molecular weight is 262 g/mol. The van der Waals surface area contributed by atoms with Crippen molar-refractivity contribution in [3.63, 3.8) is 0 Å². The van der Waals surface area contributed by atoms with Crippen molar-refractivity contribution in [1.29, 1.82) is 0 Å². The fourth-order valence-corrected chi connectivity index (χ4v) is 2.35. The summed E-state index contributed by atoms with van der Waals surface area (Å²) in [4.78, 5) is 2.30. The predicted octanol–water partition coefficient (Wildman–Crippen LogP) is 3.46. The molecule has 0 amide bonds. The molecule has 0 atom stereocenters. The molecule has 1 rings (SSSR count). The highest BCUT2D eigenvalue weighted by Gasteiger charge is 2.17. The lowest BCUT2D eigenvalue weighted by molar-refractivity contribution is 0.262. The van der Waals surface area contributed by atoms with E-state index in [0.717, 1.165) is 13.1 Å². The number of aryl methyl sites for hydroxylation is 1. The number of nitrogens with two attached hydrogens (primary N) is 1. The Bertz CT molecular complexity index is 422. The molecule has 0 unspecified atom stereocenters. The van der Waals surface area contributed by atoms with E-state index in [4.69, 9.17) is 5.73 Å². The molecule has 1 aromatic carbocycles.